The molecular weight excluding hydrogens is 479 g/mol. The van der Waals surface area contributed by atoms with Gasteiger partial charge in [0, 0.05) is 44.6 Å². The van der Waals surface area contributed by atoms with Gasteiger partial charge in [-0.25, -0.2) is 10.0 Å². The highest BCUT2D eigenvalue weighted by Gasteiger charge is 2.38. The first-order valence-corrected chi connectivity index (χ1v) is 11.2. The van der Waals surface area contributed by atoms with Gasteiger partial charge in [0.2, 0.25) is 0 Å². The van der Waals surface area contributed by atoms with Gasteiger partial charge in [0.25, 0.3) is 11.8 Å². The average molecular weight is 508 g/mol. The Labute approximate surface area is 205 Å². The molecule has 194 valence electrons. The molecule has 36 heavy (non-hydrogen) atoms. The number of nitrogens with zero attached hydrogens (tertiary/aromatic N) is 5. The lowest BCUT2D eigenvalue weighted by Crippen LogP contribution is -2.33. The number of nitrogens with two attached hydrogens (primary N) is 1. The predicted octanol–water partition coefficient (Wildman–Crippen LogP) is 3.01. The van der Waals surface area contributed by atoms with Crippen LogP contribution in [-0.4, -0.2) is 55.9 Å². The molecule has 3 rings (SSSR count). The number of benzene rings is 1. The molecule has 2 amide bonds. The Morgan fingerprint density at radius 1 is 1.22 bits per heavy atom. The lowest BCUT2D eigenvalue weighted by Gasteiger charge is -2.21. The van der Waals surface area contributed by atoms with Crippen molar-refractivity contribution < 1.29 is 27.6 Å². The van der Waals surface area contributed by atoms with Crippen LogP contribution in [0.4, 0.5) is 18.9 Å². The SMILES string of the molecule is CCc1cc(NC(=O)c2ncc(-c3cn(C)nc3C(F)(F)F)n2C)ccc1C(=O)N(CC)OCCN. The van der Waals surface area contributed by atoms with Crippen LogP contribution in [0.25, 0.3) is 11.3 Å². The maximum atomic E-state index is 13.4. The van der Waals surface area contributed by atoms with Gasteiger partial charge < -0.3 is 15.6 Å². The molecule has 0 radical (unpaired) electrons. The van der Waals surface area contributed by atoms with E-state index in [0.717, 1.165) is 4.68 Å². The summed E-state index contributed by atoms with van der Waals surface area (Å²) in [5.74, 6) is -1.04. The number of carbonyl (C=O) groups excluding carboxylic acids is 2. The summed E-state index contributed by atoms with van der Waals surface area (Å²) >= 11 is 0. The first kappa shape index (κ1) is 26.9. The molecule has 0 atom stereocenters. The summed E-state index contributed by atoms with van der Waals surface area (Å²) in [5, 5.41) is 7.42. The predicted molar refractivity (Wildman–Crippen MR) is 126 cm³/mol. The minimum Gasteiger partial charge on any atom is -0.328 e. The number of alkyl halides is 3. The second-order valence-electron chi connectivity index (χ2n) is 7.89. The summed E-state index contributed by atoms with van der Waals surface area (Å²) in [5.41, 5.74) is 5.79. The number of hydrogen-bond donors (Lipinski definition) is 2. The van der Waals surface area contributed by atoms with E-state index >= 15 is 0 Å². The number of hydrogen-bond acceptors (Lipinski definition) is 6. The Kier molecular flexibility index (Phi) is 8.15. The van der Waals surface area contributed by atoms with Gasteiger partial charge in [-0.1, -0.05) is 6.92 Å². The smallest absolute Gasteiger partial charge is 0.328 e. The van der Waals surface area contributed by atoms with E-state index in [9.17, 15) is 22.8 Å². The van der Waals surface area contributed by atoms with Crippen LogP contribution in [0.2, 0.25) is 0 Å². The molecule has 0 fully saturated rings. The van der Waals surface area contributed by atoms with Crippen molar-refractivity contribution in [1.29, 1.82) is 0 Å². The molecular formula is C23H28F3N7O3. The molecule has 2 heterocycles. The number of anilines is 1. The number of hydroxylamine groups is 2. The zero-order chi connectivity index (χ0) is 26.6. The van der Waals surface area contributed by atoms with Gasteiger partial charge >= 0.3 is 6.18 Å². The van der Waals surface area contributed by atoms with Gasteiger partial charge in [-0.3, -0.25) is 19.1 Å². The molecule has 3 aromatic rings. The van der Waals surface area contributed by atoms with Crippen molar-refractivity contribution in [2.24, 2.45) is 19.8 Å². The van der Waals surface area contributed by atoms with Crippen LogP contribution in [0.15, 0.2) is 30.6 Å². The fourth-order valence-corrected chi connectivity index (χ4v) is 3.71. The van der Waals surface area contributed by atoms with E-state index in [1.54, 1.807) is 25.1 Å². The monoisotopic (exact) mass is 507 g/mol. The Morgan fingerprint density at radius 2 is 1.94 bits per heavy atom. The fraction of sp³-hybridized carbons (Fsp3) is 0.391. The molecule has 0 aliphatic carbocycles. The molecule has 0 saturated heterocycles. The molecule has 0 aliphatic rings. The summed E-state index contributed by atoms with van der Waals surface area (Å²) in [6, 6.07) is 4.81. The molecule has 0 saturated carbocycles. The van der Waals surface area contributed by atoms with Gasteiger partial charge in [-0.15, -0.1) is 0 Å². The van der Waals surface area contributed by atoms with Crippen molar-refractivity contribution in [1.82, 2.24) is 24.4 Å². The zero-order valence-corrected chi connectivity index (χ0v) is 20.4. The highest BCUT2D eigenvalue weighted by molar-refractivity contribution is 6.03. The molecule has 0 unspecified atom stereocenters. The van der Waals surface area contributed by atoms with E-state index in [2.05, 4.69) is 15.4 Å². The Morgan fingerprint density at radius 3 is 2.56 bits per heavy atom. The Bertz CT molecular complexity index is 1250. The number of aryl methyl sites for hydroxylation is 2. The summed E-state index contributed by atoms with van der Waals surface area (Å²) in [7, 11) is 2.83. The number of rotatable bonds is 9. The molecule has 1 aromatic carbocycles. The average Bonchev–Trinajstić information content (AvgIpc) is 3.41. The van der Waals surface area contributed by atoms with E-state index in [0.29, 0.717) is 29.8 Å². The summed E-state index contributed by atoms with van der Waals surface area (Å²) in [6.07, 6.45) is -1.74. The Hall–Kier alpha value is -3.71. The molecule has 2 aromatic heterocycles. The van der Waals surface area contributed by atoms with Gasteiger partial charge in [0.05, 0.1) is 24.1 Å². The van der Waals surface area contributed by atoms with Gasteiger partial charge in [-0.05, 0) is 37.1 Å². The minimum absolute atomic E-state index is 0.0903. The Balaban J connectivity index is 1.85. The number of aromatic nitrogens is 4. The van der Waals surface area contributed by atoms with Crippen molar-refractivity contribution in [3.05, 3.63) is 53.2 Å². The van der Waals surface area contributed by atoms with Crippen LogP contribution in [-0.2, 0) is 31.5 Å². The second-order valence-corrected chi connectivity index (χ2v) is 7.89. The summed E-state index contributed by atoms with van der Waals surface area (Å²) < 4.78 is 42.5. The van der Waals surface area contributed by atoms with Crippen molar-refractivity contribution >= 4 is 17.5 Å². The van der Waals surface area contributed by atoms with Crippen molar-refractivity contribution in [3.63, 3.8) is 0 Å². The van der Waals surface area contributed by atoms with Gasteiger partial charge in [0.15, 0.2) is 11.5 Å². The molecule has 13 heteroatoms. The van der Waals surface area contributed by atoms with Crippen molar-refractivity contribution in [2.75, 3.05) is 25.0 Å². The maximum absolute atomic E-state index is 13.4. The maximum Gasteiger partial charge on any atom is 0.435 e. The number of amides is 2. The first-order valence-electron chi connectivity index (χ1n) is 11.2. The normalized spacial score (nSPS) is 11.6. The molecule has 0 aliphatic heterocycles. The van der Waals surface area contributed by atoms with E-state index in [4.69, 9.17) is 10.6 Å². The third-order valence-electron chi connectivity index (χ3n) is 5.42. The van der Waals surface area contributed by atoms with Crippen molar-refractivity contribution in [2.45, 2.75) is 26.4 Å². The minimum atomic E-state index is -4.66. The van der Waals surface area contributed by atoms with E-state index in [1.165, 1.54) is 36.1 Å². The number of halogens is 3. The van der Waals surface area contributed by atoms with E-state index in [-0.39, 0.29) is 36.1 Å². The number of carbonyl (C=O) groups is 2. The standard InChI is InChI=1S/C23H28F3N7O3/c1-5-14-11-15(7-8-16(14)22(35)33(6-2)36-10-9-27)29-21(34)20-28-12-18(32(20)4)17-13-31(3)30-19(17)23(24,25)26/h7-8,11-13H,5-6,9-10,27H2,1-4H3,(H,29,34). The van der Waals surface area contributed by atoms with Gasteiger partial charge in [0.1, 0.15) is 0 Å². The third-order valence-corrected chi connectivity index (χ3v) is 5.42. The first-order chi connectivity index (χ1) is 17.0. The lowest BCUT2D eigenvalue weighted by atomic mass is 10.0. The molecule has 10 nitrogen and oxygen atoms in total. The fourth-order valence-electron chi connectivity index (χ4n) is 3.71. The largest absolute Gasteiger partial charge is 0.435 e. The lowest BCUT2D eigenvalue weighted by molar-refractivity contribution is -0.141. The van der Waals surface area contributed by atoms with Crippen LogP contribution >= 0.6 is 0 Å². The molecule has 0 bridgehead atoms. The quantitative estimate of drug-likeness (QED) is 0.430. The van der Waals surface area contributed by atoms with Crippen LogP contribution in [0.1, 0.15) is 46.1 Å². The van der Waals surface area contributed by atoms with Crippen LogP contribution in [0.3, 0.4) is 0 Å². The van der Waals surface area contributed by atoms with Crippen LogP contribution in [0.5, 0.6) is 0 Å². The van der Waals surface area contributed by atoms with Crippen LogP contribution < -0.4 is 11.1 Å². The topological polar surface area (TPSA) is 120 Å². The summed E-state index contributed by atoms with van der Waals surface area (Å²) in [4.78, 5) is 35.2. The van der Waals surface area contributed by atoms with E-state index in [1.807, 2.05) is 6.92 Å². The summed E-state index contributed by atoms with van der Waals surface area (Å²) in [6.45, 7) is 4.44. The highest BCUT2D eigenvalue weighted by atomic mass is 19.4. The highest BCUT2D eigenvalue weighted by Crippen LogP contribution is 2.36. The molecule has 3 N–H and O–H groups in total. The van der Waals surface area contributed by atoms with Crippen molar-refractivity contribution in [3.8, 4) is 11.3 Å². The number of imidazole rings is 1. The molecule has 0 spiro atoms. The number of nitrogens with one attached hydrogen (secondary N) is 1. The second kappa shape index (κ2) is 10.9. The van der Waals surface area contributed by atoms with Crippen LogP contribution in [0, 0.1) is 0 Å². The van der Waals surface area contributed by atoms with Gasteiger partial charge in [-0.2, -0.15) is 18.3 Å². The van der Waals surface area contributed by atoms with E-state index < -0.39 is 17.8 Å². The zero-order valence-electron chi connectivity index (χ0n) is 20.4. The third kappa shape index (κ3) is 5.57.